The fraction of sp³-hybridized carbons (Fsp3) is 0.310. The molecule has 0 radical (unpaired) electrons. The fourth-order valence-corrected chi connectivity index (χ4v) is 3.94. The Kier molecular flexibility index (Phi) is 9.74. The van der Waals surface area contributed by atoms with E-state index in [9.17, 15) is 9.59 Å². The summed E-state index contributed by atoms with van der Waals surface area (Å²) in [6, 6.07) is 23.9. The molecule has 3 aromatic rings. The minimum absolute atomic E-state index is 0.0127. The molecule has 0 aliphatic rings. The van der Waals surface area contributed by atoms with Crippen LogP contribution in [0.25, 0.3) is 0 Å². The van der Waals surface area contributed by atoms with Crippen LogP contribution in [0.3, 0.4) is 0 Å². The van der Waals surface area contributed by atoms with E-state index in [0.717, 1.165) is 23.1 Å². The van der Waals surface area contributed by atoms with Gasteiger partial charge in [-0.25, -0.2) is 0 Å². The maximum Gasteiger partial charge on any atom is 0.261 e. The lowest BCUT2D eigenvalue weighted by molar-refractivity contribution is -0.143. The topological polar surface area (TPSA) is 58.6 Å². The van der Waals surface area contributed by atoms with Crippen LogP contribution in [-0.2, 0) is 22.6 Å². The number of nitrogens with one attached hydrogen (secondary N) is 1. The van der Waals surface area contributed by atoms with Crippen LogP contribution in [0.1, 0.15) is 37.0 Å². The number of hydrogen-bond donors (Lipinski definition) is 1. The molecule has 3 rings (SSSR count). The van der Waals surface area contributed by atoms with Crippen LogP contribution >= 0.6 is 11.6 Å². The van der Waals surface area contributed by atoms with Gasteiger partial charge in [-0.1, -0.05) is 85.3 Å². The fourth-order valence-electron chi connectivity index (χ4n) is 3.75. The summed E-state index contributed by atoms with van der Waals surface area (Å²) >= 11 is 6.45. The Morgan fingerprint density at radius 2 is 1.63 bits per heavy atom. The number of nitrogens with zero attached hydrogens (tertiary/aromatic N) is 1. The van der Waals surface area contributed by atoms with Gasteiger partial charge in [0, 0.05) is 24.0 Å². The van der Waals surface area contributed by atoms with E-state index in [1.807, 2.05) is 93.6 Å². The van der Waals surface area contributed by atoms with E-state index in [1.54, 1.807) is 11.0 Å². The molecule has 0 aromatic heterocycles. The van der Waals surface area contributed by atoms with Crippen molar-refractivity contribution in [1.82, 2.24) is 10.2 Å². The third-order valence-electron chi connectivity index (χ3n) is 6.02. The molecule has 0 saturated heterocycles. The first-order valence-corrected chi connectivity index (χ1v) is 12.3. The third kappa shape index (κ3) is 7.59. The highest BCUT2D eigenvalue weighted by atomic mass is 35.5. The molecule has 0 bridgehead atoms. The van der Waals surface area contributed by atoms with Crippen LogP contribution in [0.4, 0.5) is 0 Å². The Bertz CT molecular complexity index is 1120. The number of halogens is 1. The summed E-state index contributed by atoms with van der Waals surface area (Å²) in [6.45, 7) is 5.91. The molecule has 6 heteroatoms. The first kappa shape index (κ1) is 26.3. The Labute approximate surface area is 213 Å². The zero-order valence-electron chi connectivity index (χ0n) is 20.5. The van der Waals surface area contributed by atoms with E-state index in [4.69, 9.17) is 16.3 Å². The van der Waals surface area contributed by atoms with E-state index < -0.39 is 6.04 Å². The second-order valence-corrected chi connectivity index (χ2v) is 9.10. The molecule has 184 valence electrons. The Hall–Kier alpha value is -3.31. The quantitative estimate of drug-likeness (QED) is 0.380. The summed E-state index contributed by atoms with van der Waals surface area (Å²) in [4.78, 5) is 28.7. The molecule has 35 heavy (non-hydrogen) atoms. The molecule has 0 aliphatic heterocycles. The molecule has 0 heterocycles. The Morgan fingerprint density at radius 1 is 0.971 bits per heavy atom. The van der Waals surface area contributed by atoms with Crippen molar-refractivity contribution in [3.8, 4) is 5.75 Å². The number of rotatable bonds is 11. The van der Waals surface area contributed by atoms with Crippen molar-refractivity contribution in [2.75, 3.05) is 6.61 Å². The number of hydrogen-bond acceptors (Lipinski definition) is 3. The molecule has 0 aliphatic carbocycles. The number of aryl methyl sites for hydroxylation is 1. The minimum Gasteiger partial charge on any atom is -0.484 e. The highest BCUT2D eigenvalue weighted by Crippen LogP contribution is 2.22. The lowest BCUT2D eigenvalue weighted by Gasteiger charge is -2.32. The number of ether oxygens (including phenoxy) is 1. The molecular formula is C29H33ClN2O3. The largest absolute Gasteiger partial charge is 0.484 e. The third-order valence-corrected chi connectivity index (χ3v) is 6.38. The van der Waals surface area contributed by atoms with E-state index in [-0.39, 0.29) is 31.0 Å². The van der Waals surface area contributed by atoms with Crippen LogP contribution in [-0.4, -0.2) is 35.4 Å². The van der Waals surface area contributed by atoms with Crippen molar-refractivity contribution in [3.05, 3.63) is 101 Å². The molecule has 3 aromatic carbocycles. The molecule has 0 saturated carbocycles. The zero-order valence-corrected chi connectivity index (χ0v) is 21.3. The maximum atomic E-state index is 13.6. The van der Waals surface area contributed by atoms with E-state index >= 15 is 0 Å². The van der Waals surface area contributed by atoms with Crippen molar-refractivity contribution in [1.29, 1.82) is 0 Å². The van der Waals surface area contributed by atoms with Gasteiger partial charge in [-0.05, 0) is 49.1 Å². The van der Waals surface area contributed by atoms with Gasteiger partial charge >= 0.3 is 0 Å². The summed E-state index contributed by atoms with van der Waals surface area (Å²) in [6.07, 6.45) is 1.17. The average molecular weight is 493 g/mol. The number of carbonyl (C=O) groups is 2. The molecule has 0 unspecified atom stereocenters. The Balaban J connectivity index is 1.93. The number of benzene rings is 3. The SMILES string of the molecule is CC[C@@H](C)NC(=O)[C@@H](Cc1ccccc1)N(Cc1ccccc1Cl)C(=O)COc1ccccc1C. The second kappa shape index (κ2) is 13.0. The normalized spacial score (nSPS) is 12.5. The van der Waals surface area contributed by atoms with Crippen molar-refractivity contribution in [2.24, 2.45) is 0 Å². The smallest absolute Gasteiger partial charge is 0.261 e. The van der Waals surface area contributed by atoms with Crippen LogP contribution in [0.5, 0.6) is 5.75 Å². The first-order valence-electron chi connectivity index (χ1n) is 11.9. The van der Waals surface area contributed by atoms with Gasteiger partial charge in [0.1, 0.15) is 11.8 Å². The van der Waals surface area contributed by atoms with Crippen molar-refractivity contribution in [3.63, 3.8) is 0 Å². The summed E-state index contributed by atoms with van der Waals surface area (Å²) in [5, 5.41) is 3.61. The van der Waals surface area contributed by atoms with Gasteiger partial charge < -0.3 is 15.0 Å². The lowest BCUT2D eigenvalue weighted by Crippen LogP contribution is -2.53. The van der Waals surface area contributed by atoms with Gasteiger partial charge in [-0.3, -0.25) is 9.59 Å². The summed E-state index contributed by atoms with van der Waals surface area (Å²) in [7, 11) is 0. The zero-order chi connectivity index (χ0) is 25.2. The van der Waals surface area contributed by atoms with Crippen LogP contribution in [0, 0.1) is 6.92 Å². The Morgan fingerprint density at radius 3 is 2.31 bits per heavy atom. The highest BCUT2D eigenvalue weighted by molar-refractivity contribution is 6.31. The number of para-hydroxylation sites is 1. The van der Waals surface area contributed by atoms with Gasteiger partial charge in [0.15, 0.2) is 6.61 Å². The van der Waals surface area contributed by atoms with Gasteiger partial charge in [0.2, 0.25) is 5.91 Å². The number of amides is 2. The van der Waals surface area contributed by atoms with Crippen molar-refractivity contribution in [2.45, 2.75) is 52.2 Å². The second-order valence-electron chi connectivity index (χ2n) is 8.69. The monoisotopic (exact) mass is 492 g/mol. The van der Waals surface area contributed by atoms with E-state index in [2.05, 4.69) is 5.32 Å². The minimum atomic E-state index is -0.726. The van der Waals surface area contributed by atoms with Gasteiger partial charge in [-0.2, -0.15) is 0 Å². The molecule has 1 N–H and O–H groups in total. The maximum absolute atomic E-state index is 13.6. The predicted molar refractivity (Wildman–Crippen MR) is 141 cm³/mol. The van der Waals surface area contributed by atoms with Crippen molar-refractivity contribution < 1.29 is 14.3 Å². The highest BCUT2D eigenvalue weighted by Gasteiger charge is 2.31. The van der Waals surface area contributed by atoms with Gasteiger partial charge in [-0.15, -0.1) is 0 Å². The molecule has 5 nitrogen and oxygen atoms in total. The molecule has 0 fully saturated rings. The lowest BCUT2D eigenvalue weighted by atomic mass is 10.0. The van der Waals surface area contributed by atoms with Crippen LogP contribution in [0.15, 0.2) is 78.9 Å². The average Bonchev–Trinajstić information content (AvgIpc) is 2.87. The summed E-state index contributed by atoms with van der Waals surface area (Å²) in [5.74, 6) is 0.162. The standard InChI is InChI=1S/C29H33ClN2O3/c1-4-22(3)31-29(34)26(18-23-13-6-5-7-14-23)32(19-24-15-9-10-16-25(24)30)28(33)20-35-27-17-11-8-12-21(27)2/h5-17,22,26H,4,18-20H2,1-3H3,(H,31,34)/t22-,26-/m1/s1. The predicted octanol–water partition coefficient (Wildman–Crippen LogP) is 5.58. The van der Waals surface area contributed by atoms with Gasteiger partial charge in [0.05, 0.1) is 0 Å². The first-order chi connectivity index (χ1) is 16.9. The van der Waals surface area contributed by atoms with E-state index in [0.29, 0.717) is 17.2 Å². The van der Waals surface area contributed by atoms with Gasteiger partial charge in [0.25, 0.3) is 5.91 Å². The summed E-state index contributed by atoms with van der Waals surface area (Å²) < 4.78 is 5.87. The molecular weight excluding hydrogens is 460 g/mol. The molecule has 0 spiro atoms. The number of carbonyl (C=O) groups excluding carboxylic acids is 2. The van der Waals surface area contributed by atoms with Crippen LogP contribution < -0.4 is 10.1 Å². The van der Waals surface area contributed by atoms with Crippen LogP contribution in [0.2, 0.25) is 5.02 Å². The van der Waals surface area contributed by atoms with E-state index in [1.165, 1.54) is 0 Å². The summed E-state index contributed by atoms with van der Waals surface area (Å²) in [5.41, 5.74) is 2.68. The molecule has 2 atom stereocenters. The molecule has 2 amide bonds. The van der Waals surface area contributed by atoms with Crippen molar-refractivity contribution >= 4 is 23.4 Å².